The van der Waals surface area contributed by atoms with Crippen LogP contribution in [0.25, 0.3) is 16.7 Å². The summed E-state index contributed by atoms with van der Waals surface area (Å²) in [4.78, 5) is 43.8. The molecular formula is C15H12N5O5. The zero-order valence-corrected chi connectivity index (χ0v) is 12.9. The second kappa shape index (κ2) is 6.07. The van der Waals surface area contributed by atoms with Crippen molar-refractivity contribution in [2.75, 3.05) is 0 Å². The number of imidazole rings is 1. The number of amides is 1. The van der Waals surface area contributed by atoms with E-state index in [0.717, 1.165) is 5.56 Å². The molecule has 3 aromatic rings. The Bertz CT molecular complexity index is 1050. The van der Waals surface area contributed by atoms with Gasteiger partial charge in [0.2, 0.25) is 5.69 Å². The molecule has 0 aliphatic rings. The number of carbonyl (C=O) groups is 2. The number of nitrogens with zero attached hydrogens (tertiary/aromatic N) is 3. The largest absolute Gasteiger partial charge is 0.476 e. The zero-order valence-electron chi connectivity index (χ0n) is 12.9. The predicted molar refractivity (Wildman–Crippen MR) is 84.5 cm³/mol. The van der Waals surface area contributed by atoms with Gasteiger partial charge in [0, 0.05) is 6.20 Å². The Hall–Kier alpha value is -3.69. The number of aromatic carboxylic acids is 1. The Labute approximate surface area is 139 Å². The van der Waals surface area contributed by atoms with E-state index in [0.29, 0.717) is 22.4 Å². The maximum absolute atomic E-state index is 11.7. The Morgan fingerprint density at radius 3 is 2.84 bits per heavy atom. The van der Waals surface area contributed by atoms with E-state index in [9.17, 15) is 14.4 Å². The van der Waals surface area contributed by atoms with Gasteiger partial charge in [-0.1, -0.05) is 0 Å². The fraction of sp³-hybridized carbons (Fsp3) is 0.133. The van der Waals surface area contributed by atoms with Gasteiger partial charge in [-0.15, -0.1) is 0 Å². The van der Waals surface area contributed by atoms with Crippen molar-refractivity contribution in [2.24, 2.45) is 0 Å². The Kier molecular flexibility index (Phi) is 3.93. The molecule has 2 aromatic heterocycles. The molecule has 1 aromatic carbocycles. The van der Waals surface area contributed by atoms with Crippen LogP contribution < -0.4 is 11.3 Å². The van der Waals surface area contributed by atoms with Crippen LogP contribution in [0.5, 0.6) is 0 Å². The first-order chi connectivity index (χ1) is 11.8. The number of benzene rings is 1. The van der Waals surface area contributed by atoms with Crippen LogP contribution in [0.2, 0.25) is 0 Å². The highest BCUT2D eigenvalue weighted by atomic mass is 16.5. The van der Waals surface area contributed by atoms with Crippen LogP contribution in [0.15, 0.2) is 29.5 Å². The van der Waals surface area contributed by atoms with Crippen LogP contribution in [-0.4, -0.2) is 36.7 Å². The van der Waals surface area contributed by atoms with Crippen LogP contribution >= 0.6 is 0 Å². The van der Waals surface area contributed by atoms with Gasteiger partial charge in [-0.05, 0) is 24.6 Å². The van der Waals surface area contributed by atoms with Crippen molar-refractivity contribution in [3.8, 4) is 5.69 Å². The standard InChI is InChI=1S/C15H12N5O5/c1-7-2-9-10(18-12(14(22)23)13(21)19-9)3-11(7)20-4-8(17-6-20)5-25-15(16)24/h2-4,6,16H,5H2,1H3,(H,19,21)(H,22,23). The summed E-state index contributed by atoms with van der Waals surface area (Å²) < 4.78 is 6.22. The van der Waals surface area contributed by atoms with E-state index in [1.807, 2.05) is 6.92 Å². The molecule has 0 aliphatic carbocycles. The Morgan fingerprint density at radius 2 is 2.16 bits per heavy atom. The van der Waals surface area contributed by atoms with E-state index in [1.165, 1.54) is 6.33 Å². The fourth-order valence-electron chi connectivity index (χ4n) is 2.36. The van der Waals surface area contributed by atoms with Crippen molar-refractivity contribution in [1.29, 1.82) is 0 Å². The predicted octanol–water partition coefficient (Wildman–Crippen LogP) is 1.03. The second-order valence-electron chi connectivity index (χ2n) is 5.22. The van der Waals surface area contributed by atoms with Crippen molar-refractivity contribution in [3.05, 3.63) is 52.0 Å². The molecule has 0 atom stereocenters. The van der Waals surface area contributed by atoms with Gasteiger partial charge in [0.1, 0.15) is 6.61 Å². The summed E-state index contributed by atoms with van der Waals surface area (Å²) in [5.74, 6) is -1.41. The molecule has 1 radical (unpaired) electrons. The first-order valence-corrected chi connectivity index (χ1v) is 7.04. The quantitative estimate of drug-likeness (QED) is 0.718. The van der Waals surface area contributed by atoms with Gasteiger partial charge in [0.15, 0.2) is 0 Å². The smallest absolute Gasteiger partial charge is 0.426 e. The van der Waals surface area contributed by atoms with Crippen molar-refractivity contribution in [2.45, 2.75) is 13.5 Å². The third-order valence-electron chi connectivity index (χ3n) is 3.48. The third kappa shape index (κ3) is 3.17. The molecule has 0 saturated carbocycles. The molecule has 10 nitrogen and oxygen atoms in total. The number of aryl methyl sites for hydroxylation is 1. The molecular weight excluding hydrogens is 330 g/mol. The van der Waals surface area contributed by atoms with Gasteiger partial charge in [-0.2, -0.15) is 0 Å². The number of hydrogen-bond acceptors (Lipinski definition) is 6. The molecule has 3 N–H and O–H groups in total. The summed E-state index contributed by atoms with van der Waals surface area (Å²) in [5, 5.41) is 9.02. The van der Waals surface area contributed by atoms with Crippen LogP contribution in [0.1, 0.15) is 21.7 Å². The number of nitrogens with one attached hydrogen (secondary N) is 2. The highest BCUT2D eigenvalue weighted by molar-refractivity contribution is 5.88. The molecule has 2 heterocycles. The lowest BCUT2D eigenvalue weighted by molar-refractivity contribution is 0.0688. The molecule has 0 spiro atoms. The van der Waals surface area contributed by atoms with Gasteiger partial charge in [-0.3, -0.25) is 4.79 Å². The maximum Gasteiger partial charge on any atom is 0.426 e. The first kappa shape index (κ1) is 16.2. The van der Waals surface area contributed by atoms with Gasteiger partial charge >= 0.3 is 12.1 Å². The van der Waals surface area contributed by atoms with E-state index < -0.39 is 23.3 Å². The zero-order chi connectivity index (χ0) is 18.1. The van der Waals surface area contributed by atoms with Gasteiger partial charge in [-0.25, -0.2) is 25.3 Å². The number of rotatable bonds is 4. The van der Waals surface area contributed by atoms with E-state index in [4.69, 9.17) is 10.8 Å². The average molecular weight is 342 g/mol. The number of carboxylic acids is 1. The van der Waals surface area contributed by atoms with Gasteiger partial charge < -0.3 is 19.4 Å². The molecule has 1 amide bonds. The molecule has 0 aliphatic heterocycles. The number of ether oxygens (including phenoxy) is 1. The summed E-state index contributed by atoms with van der Waals surface area (Å²) in [6, 6.07) is 3.29. The molecule has 127 valence electrons. The number of aromatic nitrogens is 4. The lowest BCUT2D eigenvalue weighted by atomic mass is 10.1. The summed E-state index contributed by atoms with van der Waals surface area (Å²) in [5.41, 5.74) is 7.98. The first-order valence-electron chi connectivity index (χ1n) is 7.04. The van der Waals surface area contributed by atoms with Crippen molar-refractivity contribution in [3.63, 3.8) is 0 Å². The van der Waals surface area contributed by atoms with Crippen molar-refractivity contribution < 1.29 is 19.4 Å². The van der Waals surface area contributed by atoms with E-state index in [1.54, 1.807) is 22.9 Å². The third-order valence-corrected chi connectivity index (χ3v) is 3.48. The highest BCUT2D eigenvalue weighted by Crippen LogP contribution is 2.20. The number of H-pyrrole nitrogens is 1. The summed E-state index contributed by atoms with van der Waals surface area (Å²) in [6.45, 7) is 1.68. The fourth-order valence-corrected chi connectivity index (χ4v) is 2.36. The number of carbonyl (C=O) groups excluding carboxylic acids is 1. The van der Waals surface area contributed by atoms with Crippen molar-refractivity contribution in [1.82, 2.24) is 25.3 Å². The SMILES string of the molecule is Cc1cc2[nH]c(=O)c(C(=O)O)nc2cc1-n1cnc(COC([NH])=O)c1. The minimum Gasteiger partial charge on any atom is -0.476 e. The van der Waals surface area contributed by atoms with Crippen LogP contribution in [-0.2, 0) is 11.3 Å². The number of hydrogen-bond donors (Lipinski definition) is 2. The molecule has 25 heavy (non-hydrogen) atoms. The second-order valence-corrected chi connectivity index (χ2v) is 5.22. The number of carboxylic acid groups (broad SMARTS) is 1. The van der Waals surface area contributed by atoms with E-state index in [2.05, 4.69) is 19.7 Å². The topological polar surface area (TPSA) is 151 Å². The normalized spacial score (nSPS) is 10.8. The van der Waals surface area contributed by atoms with Crippen LogP contribution in [0.4, 0.5) is 4.79 Å². The molecule has 3 rings (SSSR count). The lowest BCUT2D eigenvalue weighted by Gasteiger charge is -2.08. The van der Waals surface area contributed by atoms with Gasteiger partial charge in [0.05, 0.1) is 28.7 Å². The monoisotopic (exact) mass is 342 g/mol. The Morgan fingerprint density at radius 1 is 1.40 bits per heavy atom. The number of aromatic amines is 1. The van der Waals surface area contributed by atoms with Crippen molar-refractivity contribution >= 4 is 23.1 Å². The van der Waals surface area contributed by atoms with Gasteiger partial charge in [0.25, 0.3) is 5.56 Å². The minimum atomic E-state index is -1.41. The molecule has 0 fully saturated rings. The van der Waals surface area contributed by atoms with Crippen LogP contribution in [0, 0.1) is 6.92 Å². The Balaban J connectivity index is 2.05. The average Bonchev–Trinajstić information content (AvgIpc) is 3.00. The van der Waals surface area contributed by atoms with E-state index in [-0.39, 0.29) is 6.61 Å². The summed E-state index contributed by atoms with van der Waals surface area (Å²) >= 11 is 0. The summed E-state index contributed by atoms with van der Waals surface area (Å²) in [6.07, 6.45) is 1.96. The molecule has 10 heteroatoms. The lowest BCUT2D eigenvalue weighted by Crippen LogP contribution is -2.20. The summed E-state index contributed by atoms with van der Waals surface area (Å²) in [7, 11) is 0. The maximum atomic E-state index is 11.7. The number of fused-ring (bicyclic) bond motifs is 1. The highest BCUT2D eigenvalue weighted by Gasteiger charge is 2.14. The van der Waals surface area contributed by atoms with Crippen LogP contribution in [0.3, 0.4) is 0 Å². The minimum absolute atomic E-state index is 0.128. The van der Waals surface area contributed by atoms with E-state index >= 15 is 0 Å². The molecule has 0 unspecified atom stereocenters. The molecule has 0 bridgehead atoms. The molecule has 0 saturated heterocycles.